The van der Waals surface area contributed by atoms with Gasteiger partial charge < -0.3 is 10.2 Å². The number of hydrogen-bond donors (Lipinski definition) is 2. The van der Waals surface area contributed by atoms with Gasteiger partial charge in [0.15, 0.2) is 0 Å². The van der Waals surface area contributed by atoms with Crippen LogP contribution in [0.15, 0.2) is 0 Å². The zero-order valence-electron chi connectivity index (χ0n) is 10.3. The average molecular weight is 257 g/mol. The Balaban J connectivity index is 3.03. The molecule has 0 aromatic heterocycles. The SMILES string of the molecule is Cc1c(C)c(Cl)c(C)c(CCCC(=O)O)c1O. The summed E-state index contributed by atoms with van der Waals surface area (Å²) < 4.78 is 0. The first-order chi connectivity index (χ1) is 7.86. The zero-order chi connectivity index (χ0) is 13.2. The molecule has 0 heterocycles. The number of aromatic hydroxyl groups is 1. The van der Waals surface area contributed by atoms with Crippen LogP contribution in [0.4, 0.5) is 0 Å². The van der Waals surface area contributed by atoms with Crippen LogP contribution in [0.2, 0.25) is 5.02 Å². The third-order valence-electron chi connectivity index (χ3n) is 3.13. The van der Waals surface area contributed by atoms with Crippen molar-refractivity contribution in [1.29, 1.82) is 0 Å². The van der Waals surface area contributed by atoms with Crippen LogP contribution in [0.3, 0.4) is 0 Å². The van der Waals surface area contributed by atoms with Crippen molar-refractivity contribution in [3.05, 3.63) is 27.3 Å². The maximum absolute atomic E-state index is 10.5. The van der Waals surface area contributed by atoms with Crippen molar-refractivity contribution in [2.24, 2.45) is 0 Å². The molecule has 0 bridgehead atoms. The largest absolute Gasteiger partial charge is 0.507 e. The predicted molar refractivity (Wildman–Crippen MR) is 67.9 cm³/mol. The molecular weight excluding hydrogens is 240 g/mol. The van der Waals surface area contributed by atoms with E-state index in [1.807, 2.05) is 20.8 Å². The Labute approximate surface area is 106 Å². The molecule has 0 radical (unpaired) electrons. The number of phenolic OH excluding ortho intramolecular Hbond substituents is 1. The summed E-state index contributed by atoms with van der Waals surface area (Å²) >= 11 is 6.17. The van der Waals surface area contributed by atoms with E-state index in [1.165, 1.54) is 0 Å². The first-order valence-electron chi connectivity index (χ1n) is 5.55. The molecule has 0 atom stereocenters. The van der Waals surface area contributed by atoms with Crippen LogP contribution in [-0.4, -0.2) is 16.2 Å². The lowest BCUT2D eigenvalue weighted by Crippen LogP contribution is -2.00. The van der Waals surface area contributed by atoms with Crippen LogP contribution in [0.5, 0.6) is 5.75 Å². The quantitative estimate of drug-likeness (QED) is 0.868. The van der Waals surface area contributed by atoms with Crippen molar-refractivity contribution in [1.82, 2.24) is 0 Å². The molecule has 2 N–H and O–H groups in total. The number of carboxylic acid groups (broad SMARTS) is 1. The van der Waals surface area contributed by atoms with E-state index < -0.39 is 5.97 Å². The Kier molecular flexibility index (Phi) is 4.40. The summed E-state index contributed by atoms with van der Waals surface area (Å²) in [6.45, 7) is 5.53. The normalized spacial score (nSPS) is 10.6. The Morgan fingerprint density at radius 3 is 2.29 bits per heavy atom. The van der Waals surface area contributed by atoms with Crippen molar-refractivity contribution < 1.29 is 15.0 Å². The zero-order valence-corrected chi connectivity index (χ0v) is 11.1. The van der Waals surface area contributed by atoms with Gasteiger partial charge in [-0.05, 0) is 55.9 Å². The molecule has 1 rings (SSSR count). The molecule has 1 aromatic rings. The lowest BCUT2D eigenvalue weighted by molar-refractivity contribution is -0.137. The number of halogens is 1. The van der Waals surface area contributed by atoms with Gasteiger partial charge in [-0.25, -0.2) is 0 Å². The van der Waals surface area contributed by atoms with Crippen LogP contribution in [0.1, 0.15) is 35.1 Å². The average Bonchev–Trinajstić information content (AvgIpc) is 2.28. The van der Waals surface area contributed by atoms with Crippen LogP contribution in [0, 0.1) is 20.8 Å². The minimum Gasteiger partial charge on any atom is -0.507 e. The molecular formula is C13H17ClO3. The lowest BCUT2D eigenvalue weighted by Gasteiger charge is -2.15. The summed E-state index contributed by atoms with van der Waals surface area (Å²) in [5, 5.41) is 19.3. The molecule has 4 heteroatoms. The summed E-state index contributed by atoms with van der Waals surface area (Å²) in [7, 11) is 0. The van der Waals surface area contributed by atoms with Gasteiger partial charge in [0.2, 0.25) is 0 Å². The van der Waals surface area contributed by atoms with Gasteiger partial charge >= 0.3 is 5.97 Å². The highest BCUT2D eigenvalue weighted by molar-refractivity contribution is 6.32. The standard InChI is InChI=1S/C13H17ClO3/c1-7-8(2)13(17)10(9(3)12(7)14)5-4-6-11(15)16/h17H,4-6H2,1-3H3,(H,15,16). The number of hydrogen-bond acceptors (Lipinski definition) is 2. The van der Waals surface area contributed by atoms with E-state index in [4.69, 9.17) is 16.7 Å². The van der Waals surface area contributed by atoms with E-state index in [2.05, 4.69) is 0 Å². The van der Waals surface area contributed by atoms with Crippen molar-refractivity contribution in [2.75, 3.05) is 0 Å². The summed E-state index contributed by atoms with van der Waals surface area (Å²) in [6.07, 6.45) is 1.14. The summed E-state index contributed by atoms with van der Waals surface area (Å²) in [4.78, 5) is 10.5. The fraction of sp³-hybridized carbons (Fsp3) is 0.462. The molecule has 0 aliphatic heterocycles. The molecule has 0 aliphatic carbocycles. The molecule has 0 unspecified atom stereocenters. The summed E-state index contributed by atoms with van der Waals surface area (Å²) in [5.74, 6) is -0.577. The van der Waals surface area contributed by atoms with E-state index in [0.717, 1.165) is 22.3 Å². The molecule has 0 saturated carbocycles. The predicted octanol–water partition coefficient (Wildman–Crippen LogP) is 3.38. The van der Waals surface area contributed by atoms with E-state index in [-0.39, 0.29) is 12.2 Å². The van der Waals surface area contributed by atoms with Crippen LogP contribution < -0.4 is 0 Å². The number of benzene rings is 1. The number of carboxylic acids is 1. The van der Waals surface area contributed by atoms with Gasteiger partial charge in [-0.15, -0.1) is 0 Å². The Morgan fingerprint density at radius 1 is 1.18 bits per heavy atom. The van der Waals surface area contributed by atoms with E-state index in [0.29, 0.717) is 17.9 Å². The summed E-state index contributed by atoms with van der Waals surface area (Å²) in [6, 6.07) is 0. The summed E-state index contributed by atoms with van der Waals surface area (Å²) in [5.41, 5.74) is 3.26. The Hall–Kier alpha value is -1.22. The number of aliphatic carboxylic acids is 1. The monoisotopic (exact) mass is 256 g/mol. The first kappa shape index (κ1) is 13.8. The molecule has 0 spiro atoms. The van der Waals surface area contributed by atoms with E-state index in [1.54, 1.807) is 0 Å². The van der Waals surface area contributed by atoms with Gasteiger partial charge in [0.1, 0.15) is 5.75 Å². The number of carbonyl (C=O) groups is 1. The smallest absolute Gasteiger partial charge is 0.303 e. The van der Waals surface area contributed by atoms with Crippen molar-refractivity contribution in [3.63, 3.8) is 0 Å². The highest BCUT2D eigenvalue weighted by atomic mass is 35.5. The topological polar surface area (TPSA) is 57.5 Å². The van der Waals surface area contributed by atoms with Gasteiger partial charge in [0.25, 0.3) is 0 Å². The van der Waals surface area contributed by atoms with Gasteiger partial charge in [-0.1, -0.05) is 11.6 Å². The molecule has 0 aliphatic rings. The third kappa shape index (κ3) is 2.91. The Morgan fingerprint density at radius 2 is 1.76 bits per heavy atom. The van der Waals surface area contributed by atoms with Crippen molar-refractivity contribution in [2.45, 2.75) is 40.0 Å². The molecule has 1 aromatic carbocycles. The molecule has 3 nitrogen and oxygen atoms in total. The second-order valence-electron chi connectivity index (χ2n) is 4.26. The van der Waals surface area contributed by atoms with Gasteiger partial charge in [-0.2, -0.15) is 0 Å². The molecule has 0 amide bonds. The highest BCUT2D eigenvalue weighted by Crippen LogP contribution is 2.35. The third-order valence-corrected chi connectivity index (χ3v) is 3.70. The lowest BCUT2D eigenvalue weighted by atomic mass is 9.95. The van der Waals surface area contributed by atoms with E-state index in [9.17, 15) is 9.90 Å². The van der Waals surface area contributed by atoms with Gasteiger partial charge in [-0.3, -0.25) is 4.79 Å². The molecule has 94 valence electrons. The van der Waals surface area contributed by atoms with Crippen molar-refractivity contribution in [3.8, 4) is 5.75 Å². The maximum atomic E-state index is 10.5. The fourth-order valence-corrected chi connectivity index (χ4v) is 2.14. The fourth-order valence-electron chi connectivity index (χ4n) is 1.88. The van der Waals surface area contributed by atoms with Crippen LogP contribution in [0.25, 0.3) is 0 Å². The molecule has 0 fully saturated rings. The van der Waals surface area contributed by atoms with E-state index >= 15 is 0 Å². The Bertz CT molecular complexity index is 423. The second kappa shape index (κ2) is 5.41. The molecule has 0 saturated heterocycles. The second-order valence-corrected chi connectivity index (χ2v) is 4.64. The highest BCUT2D eigenvalue weighted by Gasteiger charge is 2.15. The van der Waals surface area contributed by atoms with Crippen LogP contribution >= 0.6 is 11.6 Å². The van der Waals surface area contributed by atoms with Gasteiger partial charge in [0.05, 0.1) is 0 Å². The first-order valence-corrected chi connectivity index (χ1v) is 5.93. The number of phenols is 1. The minimum absolute atomic E-state index is 0.101. The maximum Gasteiger partial charge on any atom is 0.303 e. The minimum atomic E-state index is -0.822. The molecule has 17 heavy (non-hydrogen) atoms. The van der Waals surface area contributed by atoms with Crippen LogP contribution in [-0.2, 0) is 11.2 Å². The van der Waals surface area contributed by atoms with Crippen molar-refractivity contribution >= 4 is 17.6 Å². The number of rotatable bonds is 4. The van der Waals surface area contributed by atoms with Gasteiger partial charge in [0, 0.05) is 11.4 Å².